The van der Waals surface area contributed by atoms with Gasteiger partial charge < -0.3 is 4.90 Å². The van der Waals surface area contributed by atoms with Crippen molar-refractivity contribution in [1.29, 1.82) is 0 Å². The number of hydrogen-bond acceptors (Lipinski definition) is 2. The van der Waals surface area contributed by atoms with E-state index in [9.17, 15) is 9.18 Å². The molecule has 1 aromatic carbocycles. The summed E-state index contributed by atoms with van der Waals surface area (Å²) in [5.41, 5.74) is 0.992. The third kappa shape index (κ3) is 2.93. The Morgan fingerprint density at radius 1 is 1.14 bits per heavy atom. The molecular formula is C18H23FN2O. The van der Waals surface area contributed by atoms with Crippen LogP contribution >= 0.6 is 0 Å². The number of halogens is 1. The van der Waals surface area contributed by atoms with E-state index in [0.717, 1.165) is 51.0 Å². The van der Waals surface area contributed by atoms with Gasteiger partial charge in [-0.15, -0.1) is 6.58 Å². The number of piperidine rings is 1. The molecule has 0 bridgehead atoms. The van der Waals surface area contributed by atoms with Gasteiger partial charge in [0.2, 0.25) is 5.91 Å². The molecule has 0 saturated carbocycles. The van der Waals surface area contributed by atoms with Crippen molar-refractivity contribution in [2.45, 2.75) is 25.8 Å². The van der Waals surface area contributed by atoms with Crippen molar-refractivity contribution in [1.82, 2.24) is 9.80 Å². The van der Waals surface area contributed by atoms with Crippen LogP contribution in [0.3, 0.4) is 0 Å². The van der Waals surface area contributed by atoms with Gasteiger partial charge >= 0.3 is 0 Å². The maximum Gasteiger partial charge on any atom is 0.229 e. The summed E-state index contributed by atoms with van der Waals surface area (Å²) in [6.45, 7) is 7.96. The molecule has 1 spiro atoms. The highest BCUT2D eigenvalue weighted by atomic mass is 19.1. The molecule has 0 unspecified atom stereocenters. The molecule has 0 aromatic heterocycles. The molecule has 2 aliphatic heterocycles. The van der Waals surface area contributed by atoms with E-state index in [2.05, 4.69) is 11.5 Å². The van der Waals surface area contributed by atoms with Gasteiger partial charge in [-0.2, -0.15) is 0 Å². The number of amides is 1. The van der Waals surface area contributed by atoms with Crippen LogP contribution in [0.2, 0.25) is 0 Å². The van der Waals surface area contributed by atoms with E-state index >= 15 is 0 Å². The van der Waals surface area contributed by atoms with Crippen LogP contribution in [-0.4, -0.2) is 41.9 Å². The first-order valence-electron chi connectivity index (χ1n) is 8.00. The Labute approximate surface area is 131 Å². The molecule has 0 atom stereocenters. The zero-order valence-corrected chi connectivity index (χ0v) is 12.9. The Kier molecular flexibility index (Phi) is 4.30. The van der Waals surface area contributed by atoms with Gasteiger partial charge in [0.15, 0.2) is 0 Å². The molecule has 3 rings (SSSR count). The van der Waals surface area contributed by atoms with Crippen LogP contribution in [-0.2, 0) is 11.3 Å². The fraction of sp³-hybridized carbons (Fsp3) is 0.500. The molecule has 0 aliphatic carbocycles. The minimum atomic E-state index is -0.194. The Bertz CT molecular complexity index is 547. The number of likely N-dealkylation sites (tertiary alicyclic amines) is 2. The summed E-state index contributed by atoms with van der Waals surface area (Å²) < 4.78 is 12.9. The van der Waals surface area contributed by atoms with Crippen molar-refractivity contribution in [2.75, 3.05) is 26.2 Å². The second-order valence-electron chi connectivity index (χ2n) is 6.47. The van der Waals surface area contributed by atoms with Crippen LogP contribution in [0, 0.1) is 11.2 Å². The van der Waals surface area contributed by atoms with E-state index in [0.29, 0.717) is 12.5 Å². The first-order chi connectivity index (χ1) is 10.6. The van der Waals surface area contributed by atoms with Crippen molar-refractivity contribution < 1.29 is 9.18 Å². The van der Waals surface area contributed by atoms with Crippen LogP contribution in [0.25, 0.3) is 0 Å². The van der Waals surface area contributed by atoms with Gasteiger partial charge in [0.25, 0.3) is 0 Å². The zero-order valence-electron chi connectivity index (χ0n) is 12.9. The van der Waals surface area contributed by atoms with Crippen LogP contribution in [0.4, 0.5) is 4.39 Å². The van der Waals surface area contributed by atoms with Crippen LogP contribution < -0.4 is 0 Å². The van der Waals surface area contributed by atoms with Gasteiger partial charge in [0, 0.05) is 19.6 Å². The van der Waals surface area contributed by atoms with E-state index in [-0.39, 0.29) is 11.2 Å². The summed E-state index contributed by atoms with van der Waals surface area (Å²) in [6, 6.07) is 6.70. The normalized spacial score (nSPS) is 21.5. The smallest absolute Gasteiger partial charge is 0.229 e. The summed E-state index contributed by atoms with van der Waals surface area (Å²) in [4.78, 5) is 16.9. The highest BCUT2D eigenvalue weighted by Gasteiger charge is 2.47. The lowest BCUT2D eigenvalue weighted by Gasteiger charge is -2.38. The maximum atomic E-state index is 12.9. The predicted octanol–water partition coefficient (Wildman–Crippen LogP) is 2.83. The summed E-state index contributed by atoms with van der Waals surface area (Å²) >= 11 is 0. The van der Waals surface area contributed by atoms with Crippen molar-refractivity contribution in [3.8, 4) is 0 Å². The molecule has 0 N–H and O–H groups in total. The van der Waals surface area contributed by atoms with Gasteiger partial charge in [-0.3, -0.25) is 9.69 Å². The highest BCUT2D eigenvalue weighted by Crippen LogP contribution is 2.41. The third-order valence-corrected chi connectivity index (χ3v) is 5.08. The lowest BCUT2D eigenvalue weighted by Crippen LogP contribution is -2.44. The number of rotatable bonds is 4. The maximum absolute atomic E-state index is 12.9. The number of carbonyl (C=O) groups is 1. The summed E-state index contributed by atoms with van der Waals surface area (Å²) in [6.07, 6.45) is 4.64. The second kappa shape index (κ2) is 6.21. The lowest BCUT2D eigenvalue weighted by atomic mass is 9.77. The predicted molar refractivity (Wildman–Crippen MR) is 84.7 cm³/mol. The largest absolute Gasteiger partial charge is 0.338 e. The topological polar surface area (TPSA) is 23.6 Å². The number of benzene rings is 1. The molecule has 1 aromatic rings. The fourth-order valence-electron chi connectivity index (χ4n) is 3.67. The Morgan fingerprint density at radius 2 is 1.77 bits per heavy atom. The van der Waals surface area contributed by atoms with Crippen LogP contribution in [0.1, 0.15) is 24.8 Å². The standard InChI is InChI=1S/C18H23FN2O/c1-2-10-21-13-9-18(17(21)22)7-11-20(12-8-18)14-15-3-5-16(19)6-4-15/h2-6H,1,7-14H2. The molecular weight excluding hydrogens is 279 g/mol. The van der Waals surface area contributed by atoms with Crippen molar-refractivity contribution >= 4 is 5.91 Å². The molecule has 4 heteroatoms. The van der Waals surface area contributed by atoms with Crippen molar-refractivity contribution in [3.05, 3.63) is 48.3 Å². The highest BCUT2D eigenvalue weighted by molar-refractivity contribution is 5.85. The van der Waals surface area contributed by atoms with Gasteiger partial charge in [-0.05, 0) is 50.0 Å². The first kappa shape index (κ1) is 15.2. The van der Waals surface area contributed by atoms with Crippen molar-refractivity contribution in [3.63, 3.8) is 0 Å². The monoisotopic (exact) mass is 302 g/mol. The van der Waals surface area contributed by atoms with Gasteiger partial charge in [0.1, 0.15) is 5.82 Å². The molecule has 2 saturated heterocycles. The van der Waals surface area contributed by atoms with E-state index in [4.69, 9.17) is 0 Å². The van der Waals surface area contributed by atoms with Gasteiger partial charge in [0.05, 0.1) is 5.41 Å². The molecule has 22 heavy (non-hydrogen) atoms. The summed E-state index contributed by atoms with van der Waals surface area (Å²) in [7, 11) is 0. The average Bonchev–Trinajstić information content (AvgIpc) is 2.82. The van der Waals surface area contributed by atoms with Gasteiger partial charge in [-0.25, -0.2) is 4.39 Å². The zero-order chi connectivity index (χ0) is 15.6. The second-order valence-corrected chi connectivity index (χ2v) is 6.47. The quantitative estimate of drug-likeness (QED) is 0.799. The molecule has 1 amide bonds. The van der Waals surface area contributed by atoms with Crippen molar-refractivity contribution in [2.24, 2.45) is 5.41 Å². The molecule has 2 aliphatic rings. The van der Waals surface area contributed by atoms with E-state index in [1.54, 1.807) is 6.08 Å². The van der Waals surface area contributed by atoms with E-state index in [1.807, 2.05) is 17.0 Å². The van der Waals surface area contributed by atoms with E-state index in [1.165, 1.54) is 12.1 Å². The number of nitrogens with zero attached hydrogens (tertiary/aromatic N) is 2. The first-order valence-corrected chi connectivity index (χ1v) is 8.00. The molecule has 3 nitrogen and oxygen atoms in total. The minimum absolute atomic E-state index is 0.137. The molecule has 118 valence electrons. The molecule has 2 heterocycles. The van der Waals surface area contributed by atoms with Gasteiger partial charge in [-0.1, -0.05) is 18.2 Å². The number of hydrogen-bond donors (Lipinski definition) is 0. The minimum Gasteiger partial charge on any atom is -0.338 e. The van der Waals surface area contributed by atoms with E-state index < -0.39 is 0 Å². The lowest BCUT2D eigenvalue weighted by molar-refractivity contribution is -0.138. The number of carbonyl (C=O) groups excluding carboxylic acids is 1. The average molecular weight is 302 g/mol. The molecule has 2 fully saturated rings. The Balaban J connectivity index is 1.57. The summed E-state index contributed by atoms with van der Waals surface area (Å²) in [5, 5.41) is 0. The summed E-state index contributed by atoms with van der Waals surface area (Å²) in [5.74, 6) is 0.119. The van der Waals surface area contributed by atoms with Crippen LogP contribution in [0.5, 0.6) is 0 Å². The fourth-order valence-corrected chi connectivity index (χ4v) is 3.67. The van der Waals surface area contributed by atoms with Crippen LogP contribution in [0.15, 0.2) is 36.9 Å². The Hall–Kier alpha value is -1.68. The SMILES string of the molecule is C=CCN1CCC2(CCN(Cc3ccc(F)cc3)CC2)C1=O. The third-order valence-electron chi connectivity index (χ3n) is 5.08. The molecule has 0 radical (unpaired) electrons. The Morgan fingerprint density at radius 3 is 2.41 bits per heavy atom.